The topological polar surface area (TPSA) is 55.6 Å². The second-order valence-corrected chi connectivity index (χ2v) is 4.34. The van der Waals surface area contributed by atoms with E-state index in [9.17, 15) is 0 Å². The molecule has 6 heteroatoms. The lowest BCUT2D eigenvalue weighted by molar-refractivity contribution is 0.556. The fourth-order valence-electron chi connectivity index (χ4n) is 1.36. The van der Waals surface area contributed by atoms with Crippen LogP contribution in [0, 0.1) is 0 Å². The summed E-state index contributed by atoms with van der Waals surface area (Å²) in [5.41, 5.74) is 1.26. The largest absolute Gasteiger partial charge is 0.349 e. The summed E-state index contributed by atoms with van der Waals surface area (Å²) >= 11 is 1.70. The van der Waals surface area contributed by atoms with Gasteiger partial charge in [0.2, 0.25) is 5.95 Å². The molecular weight excluding hydrogens is 222 g/mol. The van der Waals surface area contributed by atoms with E-state index in [0.29, 0.717) is 0 Å². The summed E-state index contributed by atoms with van der Waals surface area (Å²) in [6.07, 6.45) is 2.24. The molecule has 0 bridgehead atoms. The Morgan fingerprint density at radius 1 is 1.50 bits per heavy atom. The molecule has 0 unspecified atom stereocenters. The van der Waals surface area contributed by atoms with Gasteiger partial charge in [-0.15, -0.1) is 0 Å². The predicted molar refractivity (Wildman–Crippen MR) is 64.4 cm³/mol. The van der Waals surface area contributed by atoms with Crippen LogP contribution in [-0.4, -0.2) is 20.2 Å². The molecule has 0 radical (unpaired) electrons. The van der Waals surface area contributed by atoms with Crippen LogP contribution < -0.4 is 5.32 Å². The number of tetrazole rings is 1. The molecule has 0 spiro atoms. The Bertz CT molecular complexity index is 409. The molecule has 0 aliphatic rings. The smallest absolute Gasteiger partial charge is 0.243 e. The zero-order valence-corrected chi connectivity index (χ0v) is 10.1. The summed E-state index contributed by atoms with van der Waals surface area (Å²) in [6, 6.07) is 2.10. The van der Waals surface area contributed by atoms with Crippen molar-refractivity contribution in [3.8, 4) is 0 Å². The third kappa shape index (κ3) is 2.79. The predicted octanol–water partition coefficient (Wildman–Crippen LogP) is 2.15. The van der Waals surface area contributed by atoms with Gasteiger partial charge in [-0.25, -0.2) is 4.68 Å². The minimum atomic E-state index is 0.750. The van der Waals surface area contributed by atoms with Crippen molar-refractivity contribution in [1.29, 1.82) is 0 Å². The summed E-state index contributed by atoms with van der Waals surface area (Å²) in [4.78, 5) is 0. The molecule has 0 amide bonds. The van der Waals surface area contributed by atoms with Gasteiger partial charge in [-0.3, -0.25) is 0 Å². The molecule has 0 aliphatic heterocycles. The molecule has 2 rings (SSSR count). The molecule has 5 nitrogen and oxygen atoms in total. The lowest BCUT2D eigenvalue weighted by Gasteiger charge is -2.05. The van der Waals surface area contributed by atoms with Crippen molar-refractivity contribution in [2.75, 3.05) is 5.32 Å². The first kappa shape index (κ1) is 11.1. The number of aryl methyl sites for hydroxylation is 1. The Kier molecular flexibility index (Phi) is 3.87. The Balaban J connectivity index is 1.91. The van der Waals surface area contributed by atoms with E-state index in [4.69, 9.17) is 0 Å². The van der Waals surface area contributed by atoms with E-state index in [0.717, 1.165) is 31.9 Å². The number of hydrogen-bond donors (Lipinski definition) is 1. The van der Waals surface area contributed by atoms with E-state index >= 15 is 0 Å². The zero-order chi connectivity index (χ0) is 11.2. The van der Waals surface area contributed by atoms with Gasteiger partial charge in [0, 0.05) is 13.1 Å². The highest BCUT2D eigenvalue weighted by Gasteiger charge is 2.04. The minimum Gasteiger partial charge on any atom is -0.349 e. The van der Waals surface area contributed by atoms with E-state index in [1.54, 1.807) is 11.3 Å². The van der Waals surface area contributed by atoms with Gasteiger partial charge < -0.3 is 5.32 Å². The van der Waals surface area contributed by atoms with Crippen LogP contribution in [0.15, 0.2) is 16.8 Å². The molecule has 0 aliphatic carbocycles. The van der Waals surface area contributed by atoms with Crippen LogP contribution in [0.2, 0.25) is 0 Å². The molecule has 0 aromatic carbocycles. The van der Waals surface area contributed by atoms with Crippen molar-refractivity contribution >= 4 is 17.3 Å². The number of nitrogens with zero attached hydrogens (tertiary/aromatic N) is 4. The second kappa shape index (κ2) is 5.60. The third-order valence-electron chi connectivity index (χ3n) is 2.29. The van der Waals surface area contributed by atoms with Gasteiger partial charge in [0.1, 0.15) is 0 Å². The fraction of sp³-hybridized carbons (Fsp3) is 0.500. The van der Waals surface area contributed by atoms with E-state index in [1.807, 2.05) is 4.68 Å². The van der Waals surface area contributed by atoms with Gasteiger partial charge in [-0.2, -0.15) is 11.3 Å². The molecule has 16 heavy (non-hydrogen) atoms. The molecule has 0 atom stereocenters. The lowest BCUT2D eigenvalue weighted by atomic mass is 10.3. The maximum absolute atomic E-state index is 3.96. The Labute approximate surface area is 98.5 Å². The van der Waals surface area contributed by atoms with Crippen LogP contribution in [-0.2, 0) is 13.1 Å². The molecule has 86 valence electrons. The van der Waals surface area contributed by atoms with Gasteiger partial charge in [0.05, 0.1) is 0 Å². The van der Waals surface area contributed by atoms with Gasteiger partial charge in [-0.1, -0.05) is 18.4 Å². The van der Waals surface area contributed by atoms with E-state index in [-0.39, 0.29) is 0 Å². The van der Waals surface area contributed by atoms with Crippen molar-refractivity contribution in [3.05, 3.63) is 22.4 Å². The standard InChI is InChI=1S/C10H15N5S/c1-2-3-5-15-10(12-13-14-15)11-7-9-4-6-16-8-9/h4,6,8H,2-3,5,7H2,1H3,(H,11,12,14). The maximum atomic E-state index is 3.96. The fourth-order valence-corrected chi connectivity index (χ4v) is 2.03. The Hall–Kier alpha value is -1.43. The first-order valence-corrected chi connectivity index (χ1v) is 6.35. The molecule has 0 fully saturated rings. The maximum Gasteiger partial charge on any atom is 0.243 e. The highest BCUT2D eigenvalue weighted by Crippen LogP contribution is 2.09. The third-order valence-corrected chi connectivity index (χ3v) is 3.02. The number of unbranched alkanes of at least 4 members (excludes halogenated alkanes) is 1. The van der Waals surface area contributed by atoms with E-state index in [2.05, 4.69) is 44.6 Å². The number of rotatable bonds is 6. The summed E-state index contributed by atoms with van der Waals surface area (Å²) in [5, 5.41) is 19.0. The van der Waals surface area contributed by atoms with Crippen LogP contribution in [0.25, 0.3) is 0 Å². The average Bonchev–Trinajstić information content (AvgIpc) is 2.94. The monoisotopic (exact) mass is 237 g/mol. The van der Waals surface area contributed by atoms with Gasteiger partial charge in [0.15, 0.2) is 0 Å². The van der Waals surface area contributed by atoms with E-state index in [1.165, 1.54) is 5.56 Å². The van der Waals surface area contributed by atoms with Crippen LogP contribution >= 0.6 is 11.3 Å². The van der Waals surface area contributed by atoms with Gasteiger partial charge >= 0.3 is 0 Å². The van der Waals surface area contributed by atoms with Gasteiger partial charge in [-0.05, 0) is 39.2 Å². The molecule has 2 heterocycles. The number of anilines is 1. The van der Waals surface area contributed by atoms with Crippen LogP contribution in [0.4, 0.5) is 5.95 Å². The molecular formula is C10H15N5S. The van der Waals surface area contributed by atoms with Gasteiger partial charge in [0.25, 0.3) is 0 Å². The van der Waals surface area contributed by atoms with E-state index < -0.39 is 0 Å². The molecule has 2 aromatic rings. The van der Waals surface area contributed by atoms with Crippen molar-refractivity contribution in [1.82, 2.24) is 20.2 Å². The van der Waals surface area contributed by atoms with Crippen molar-refractivity contribution in [3.63, 3.8) is 0 Å². The molecule has 2 aromatic heterocycles. The molecule has 0 saturated carbocycles. The molecule has 0 saturated heterocycles. The normalized spacial score (nSPS) is 10.6. The first-order valence-electron chi connectivity index (χ1n) is 5.41. The number of nitrogens with one attached hydrogen (secondary N) is 1. The van der Waals surface area contributed by atoms with Crippen molar-refractivity contribution < 1.29 is 0 Å². The minimum absolute atomic E-state index is 0.750. The number of thiophene rings is 1. The zero-order valence-electron chi connectivity index (χ0n) is 9.26. The SMILES string of the molecule is CCCCn1nnnc1NCc1ccsc1. The van der Waals surface area contributed by atoms with Crippen LogP contribution in [0.3, 0.4) is 0 Å². The number of hydrogen-bond acceptors (Lipinski definition) is 5. The second-order valence-electron chi connectivity index (χ2n) is 3.56. The molecule has 1 N–H and O–H groups in total. The highest BCUT2D eigenvalue weighted by molar-refractivity contribution is 7.07. The summed E-state index contributed by atoms with van der Waals surface area (Å²) in [5.74, 6) is 0.750. The summed E-state index contributed by atoms with van der Waals surface area (Å²) < 4.78 is 1.82. The quantitative estimate of drug-likeness (QED) is 0.836. The summed E-state index contributed by atoms with van der Waals surface area (Å²) in [7, 11) is 0. The van der Waals surface area contributed by atoms with Crippen molar-refractivity contribution in [2.45, 2.75) is 32.9 Å². The number of aromatic nitrogens is 4. The Morgan fingerprint density at radius 2 is 2.44 bits per heavy atom. The Morgan fingerprint density at radius 3 is 3.19 bits per heavy atom. The van der Waals surface area contributed by atoms with Crippen molar-refractivity contribution in [2.24, 2.45) is 0 Å². The van der Waals surface area contributed by atoms with Crippen LogP contribution in [0.5, 0.6) is 0 Å². The average molecular weight is 237 g/mol. The van der Waals surface area contributed by atoms with Crippen LogP contribution in [0.1, 0.15) is 25.3 Å². The first-order chi connectivity index (χ1) is 7.90. The highest BCUT2D eigenvalue weighted by atomic mass is 32.1. The summed E-state index contributed by atoms with van der Waals surface area (Å²) in [6.45, 7) is 3.80. The lowest BCUT2D eigenvalue weighted by Crippen LogP contribution is -2.08.